The summed E-state index contributed by atoms with van der Waals surface area (Å²) in [7, 11) is 0. The van der Waals surface area contributed by atoms with Crippen molar-refractivity contribution in [2.45, 2.75) is 48.5 Å². The molecule has 130 valence electrons. The molecule has 0 aliphatic carbocycles. The standard InChI is InChI=1S/3C5H8O.2C2H6/c3*1-2-3-4-5-6;2*1-2/h3*2-6H,1H3;2*1-2H3/b3*3-2+,5-4-;;. The van der Waals surface area contributed by atoms with Gasteiger partial charge in [-0.3, -0.25) is 0 Å². The molecule has 0 fully saturated rings. The zero-order valence-corrected chi connectivity index (χ0v) is 15.3. The first-order valence-electron chi connectivity index (χ1n) is 7.51. The lowest BCUT2D eigenvalue weighted by molar-refractivity contribution is 0.473. The van der Waals surface area contributed by atoms with Gasteiger partial charge in [0.15, 0.2) is 0 Å². The molecular formula is C19H36O3. The van der Waals surface area contributed by atoms with E-state index in [1.54, 1.807) is 36.5 Å². The molecule has 0 aromatic heterocycles. The fourth-order valence-electron chi connectivity index (χ4n) is 0.482. The van der Waals surface area contributed by atoms with Crippen LogP contribution in [-0.2, 0) is 0 Å². The molecule has 0 unspecified atom stereocenters. The molecule has 0 aliphatic heterocycles. The van der Waals surface area contributed by atoms with Crippen molar-refractivity contribution in [3.8, 4) is 0 Å². The van der Waals surface area contributed by atoms with E-state index in [2.05, 4.69) is 0 Å². The predicted octanol–water partition coefficient (Wildman–Crippen LogP) is 6.96. The van der Waals surface area contributed by atoms with Gasteiger partial charge in [-0.05, 0) is 39.0 Å². The fourth-order valence-corrected chi connectivity index (χ4v) is 0.482. The molecule has 0 amide bonds. The molecule has 0 aliphatic rings. The molecular weight excluding hydrogens is 276 g/mol. The Morgan fingerprint density at radius 3 is 0.636 bits per heavy atom. The van der Waals surface area contributed by atoms with Crippen LogP contribution >= 0.6 is 0 Å². The van der Waals surface area contributed by atoms with E-state index < -0.39 is 0 Å². The van der Waals surface area contributed by atoms with E-state index in [1.165, 1.54) is 0 Å². The number of aliphatic hydroxyl groups is 3. The minimum Gasteiger partial charge on any atom is -0.516 e. The van der Waals surface area contributed by atoms with Gasteiger partial charge in [-0.1, -0.05) is 64.2 Å². The van der Waals surface area contributed by atoms with E-state index >= 15 is 0 Å². The van der Waals surface area contributed by atoms with Gasteiger partial charge in [0, 0.05) is 0 Å². The summed E-state index contributed by atoms with van der Waals surface area (Å²) in [5.74, 6) is 0. The Morgan fingerprint density at radius 1 is 0.409 bits per heavy atom. The van der Waals surface area contributed by atoms with E-state index in [-0.39, 0.29) is 0 Å². The maximum absolute atomic E-state index is 7.97. The van der Waals surface area contributed by atoms with Crippen LogP contribution in [-0.4, -0.2) is 15.3 Å². The number of allylic oxidation sites excluding steroid dienone is 9. The Balaban J connectivity index is -0.0000000588. The van der Waals surface area contributed by atoms with Crippen molar-refractivity contribution in [1.29, 1.82) is 0 Å². The molecule has 0 bridgehead atoms. The Hall–Kier alpha value is -2.16. The number of hydrogen-bond acceptors (Lipinski definition) is 3. The molecule has 3 nitrogen and oxygen atoms in total. The van der Waals surface area contributed by atoms with Crippen molar-refractivity contribution in [3.05, 3.63) is 73.5 Å². The first-order chi connectivity index (χ1) is 10.7. The van der Waals surface area contributed by atoms with E-state index in [0.717, 1.165) is 18.8 Å². The monoisotopic (exact) mass is 312 g/mol. The third-order valence-electron chi connectivity index (χ3n) is 1.17. The van der Waals surface area contributed by atoms with Gasteiger partial charge in [-0.25, -0.2) is 0 Å². The van der Waals surface area contributed by atoms with E-state index in [4.69, 9.17) is 15.3 Å². The smallest absolute Gasteiger partial charge is 0.0791 e. The topological polar surface area (TPSA) is 60.7 Å². The SMILES string of the molecule is C/C=C/C=C\O.C/C=C/C=C\O.C/C=C/C=C\O.CC.CC. The highest BCUT2D eigenvalue weighted by atomic mass is 16.2. The predicted molar refractivity (Wildman–Crippen MR) is 102 cm³/mol. The van der Waals surface area contributed by atoms with Crippen LogP contribution in [0.15, 0.2) is 73.5 Å². The highest BCUT2D eigenvalue weighted by molar-refractivity contribution is 4.97. The van der Waals surface area contributed by atoms with Gasteiger partial charge in [0.2, 0.25) is 0 Å². The Morgan fingerprint density at radius 2 is 0.591 bits per heavy atom. The van der Waals surface area contributed by atoms with Gasteiger partial charge in [0.05, 0.1) is 18.8 Å². The highest BCUT2D eigenvalue weighted by Crippen LogP contribution is 1.70. The first-order valence-corrected chi connectivity index (χ1v) is 7.51. The largest absolute Gasteiger partial charge is 0.516 e. The second-order valence-corrected chi connectivity index (χ2v) is 2.60. The van der Waals surface area contributed by atoms with Crippen LogP contribution in [0.2, 0.25) is 0 Å². The van der Waals surface area contributed by atoms with Crippen molar-refractivity contribution >= 4 is 0 Å². The molecule has 3 heteroatoms. The summed E-state index contributed by atoms with van der Waals surface area (Å²) < 4.78 is 0. The van der Waals surface area contributed by atoms with Crippen LogP contribution < -0.4 is 0 Å². The summed E-state index contributed by atoms with van der Waals surface area (Å²) in [6.07, 6.45) is 18.4. The maximum atomic E-state index is 7.97. The molecule has 0 spiro atoms. The Bertz CT molecular complexity index is 206. The summed E-state index contributed by atoms with van der Waals surface area (Å²) in [4.78, 5) is 0. The van der Waals surface area contributed by atoms with Crippen LogP contribution in [0.5, 0.6) is 0 Å². The minimum absolute atomic E-state index is 1.00. The number of rotatable bonds is 3. The molecule has 0 aromatic carbocycles. The summed E-state index contributed by atoms with van der Waals surface area (Å²) in [5.41, 5.74) is 0. The summed E-state index contributed by atoms with van der Waals surface area (Å²) in [6, 6.07) is 0. The van der Waals surface area contributed by atoms with Gasteiger partial charge >= 0.3 is 0 Å². The lowest BCUT2D eigenvalue weighted by Gasteiger charge is -1.63. The molecule has 3 N–H and O–H groups in total. The van der Waals surface area contributed by atoms with E-state index in [1.807, 2.05) is 66.7 Å². The molecule has 0 radical (unpaired) electrons. The molecule has 0 heterocycles. The van der Waals surface area contributed by atoms with Crippen molar-refractivity contribution in [2.75, 3.05) is 0 Å². The zero-order valence-electron chi connectivity index (χ0n) is 15.3. The lowest BCUT2D eigenvalue weighted by Crippen LogP contribution is -1.44. The minimum atomic E-state index is 1.00. The molecule has 0 aromatic rings. The third-order valence-corrected chi connectivity index (χ3v) is 1.17. The van der Waals surface area contributed by atoms with Gasteiger partial charge in [-0.2, -0.15) is 0 Å². The maximum Gasteiger partial charge on any atom is 0.0791 e. The van der Waals surface area contributed by atoms with Gasteiger partial charge in [-0.15, -0.1) is 0 Å². The van der Waals surface area contributed by atoms with Crippen LogP contribution in [0.4, 0.5) is 0 Å². The van der Waals surface area contributed by atoms with E-state index in [9.17, 15) is 0 Å². The summed E-state index contributed by atoms with van der Waals surface area (Å²) in [5, 5.41) is 23.9. The van der Waals surface area contributed by atoms with Gasteiger partial charge < -0.3 is 15.3 Å². The first kappa shape index (κ1) is 32.0. The molecule has 0 saturated carbocycles. The van der Waals surface area contributed by atoms with Gasteiger partial charge in [0.25, 0.3) is 0 Å². The second-order valence-electron chi connectivity index (χ2n) is 2.60. The quantitative estimate of drug-likeness (QED) is 0.390. The second kappa shape index (κ2) is 61.9. The Kier molecular flexibility index (Phi) is 90.0. The summed E-state index contributed by atoms with van der Waals surface area (Å²) in [6.45, 7) is 13.7. The van der Waals surface area contributed by atoms with Crippen molar-refractivity contribution in [1.82, 2.24) is 0 Å². The molecule has 0 rings (SSSR count). The van der Waals surface area contributed by atoms with E-state index in [0.29, 0.717) is 0 Å². The Labute approximate surface area is 138 Å². The molecule has 0 saturated heterocycles. The third kappa shape index (κ3) is 108. The average molecular weight is 312 g/mol. The normalized spacial score (nSPS) is 9.95. The van der Waals surface area contributed by atoms with Crippen LogP contribution in [0, 0.1) is 0 Å². The van der Waals surface area contributed by atoms with Crippen LogP contribution in [0.25, 0.3) is 0 Å². The lowest BCUT2D eigenvalue weighted by atomic mass is 10.5. The average Bonchev–Trinajstić information content (AvgIpc) is 2.60. The number of aliphatic hydroxyl groups excluding tert-OH is 3. The zero-order chi connectivity index (χ0) is 18.5. The van der Waals surface area contributed by atoms with Crippen molar-refractivity contribution in [2.24, 2.45) is 0 Å². The van der Waals surface area contributed by atoms with Gasteiger partial charge in [0.1, 0.15) is 0 Å². The molecule has 22 heavy (non-hydrogen) atoms. The van der Waals surface area contributed by atoms with Crippen molar-refractivity contribution < 1.29 is 15.3 Å². The van der Waals surface area contributed by atoms with Crippen molar-refractivity contribution in [3.63, 3.8) is 0 Å². The summed E-state index contributed by atoms with van der Waals surface area (Å²) >= 11 is 0. The fraction of sp³-hybridized carbons (Fsp3) is 0.368. The number of hydrogen-bond donors (Lipinski definition) is 3. The molecule has 0 atom stereocenters. The van der Waals surface area contributed by atoms with Crippen LogP contribution in [0.3, 0.4) is 0 Å². The highest BCUT2D eigenvalue weighted by Gasteiger charge is 1.51. The van der Waals surface area contributed by atoms with Crippen LogP contribution in [0.1, 0.15) is 48.5 Å².